The molecule has 3 nitrogen and oxygen atoms in total. The molecule has 0 aliphatic carbocycles. The molecule has 0 atom stereocenters. The van der Waals surface area contributed by atoms with Crippen LogP contribution in [-0.2, 0) is 0 Å². The second-order valence-corrected chi connectivity index (χ2v) is 4.36. The largest absolute Gasteiger partial charge is 0.320 e. The van der Waals surface area contributed by atoms with Crippen molar-refractivity contribution in [3.05, 3.63) is 34.5 Å². The van der Waals surface area contributed by atoms with Gasteiger partial charge < -0.3 is 5.21 Å². The Balaban J connectivity index is 0.000000461. The average Bonchev–Trinajstić information content (AvgIpc) is 2.91. The van der Waals surface area contributed by atoms with Crippen LogP contribution >= 0.6 is 22.7 Å². The summed E-state index contributed by atoms with van der Waals surface area (Å²) in [6.45, 7) is 0. The normalized spacial score (nSPS) is 9.00. The van der Waals surface area contributed by atoms with E-state index in [1.54, 1.807) is 11.3 Å². The van der Waals surface area contributed by atoms with Crippen LogP contribution in [0, 0.1) is 0 Å². The predicted molar refractivity (Wildman–Crippen MR) is 59.0 cm³/mol. The smallest absolute Gasteiger partial charge is 0.160 e. The maximum Gasteiger partial charge on any atom is 0.160 e. The minimum absolute atomic E-state index is 0.790. The summed E-state index contributed by atoms with van der Waals surface area (Å²) in [5.41, 5.74) is 0. The molecule has 0 bridgehead atoms. The molecule has 0 amide bonds. The molecule has 0 fully saturated rings. The van der Waals surface area contributed by atoms with Crippen molar-refractivity contribution in [1.82, 2.24) is 0 Å². The van der Waals surface area contributed by atoms with Crippen LogP contribution < -0.4 is 5.90 Å². The second kappa shape index (κ2) is 5.66. The van der Waals surface area contributed by atoms with E-state index in [1.807, 2.05) is 23.6 Å². The van der Waals surface area contributed by atoms with E-state index < -0.39 is 0 Å². The van der Waals surface area contributed by atoms with E-state index >= 15 is 0 Å². The molecule has 74 valence electrons. The number of thiophene rings is 2. The summed E-state index contributed by atoms with van der Waals surface area (Å²) >= 11 is 3.23. The maximum atomic E-state index is 10.4. The molecular formula is C9H9NO2S2. The summed E-state index contributed by atoms with van der Waals surface area (Å²) in [6, 6.07) is 7.92. The maximum absolute atomic E-state index is 10.4. The van der Waals surface area contributed by atoms with E-state index in [9.17, 15) is 4.79 Å². The lowest BCUT2D eigenvalue weighted by atomic mass is 10.4. The Bertz CT molecular complexity index is 381. The van der Waals surface area contributed by atoms with Crippen LogP contribution in [0.25, 0.3) is 9.75 Å². The van der Waals surface area contributed by atoms with Crippen molar-refractivity contribution >= 4 is 29.0 Å². The predicted octanol–water partition coefficient (Wildman–Crippen LogP) is 2.62. The average molecular weight is 227 g/mol. The van der Waals surface area contributed by atoms with Gasteiger partial charge in [-0.05, 0) is 23.6 Å². The quantitative estimate of drug-likeness (QED) is 0.612. The van der Waals surface area contributed by atoms with Crippen LogP contribution in [0.2, 0.25) is 0 Å². The number of hydrogen-bond donors (Lipinski definition) is 2. The number of rotatable bonds is 2. The molecule has 2 rings (SSSR count). The summed E-state index contributed by atoms with van der Waals surface area (Å²) in [6.07, 6.45) is 0.891. The van der Waals surface area contributed by atoms with E-state index in [0.717, 1.165) is 11.2 Å². The number of nitrogens with two attached hydrogens (primary N) is 1. The fourth-order valence-corrected chi connectivity index (χ4v) is 2.62. The first-order chi connectivity index (χ1) is 6.90. The summed E-state index contributed by atoms with van der Waals surface area (Å²) in [5.74, 6) is 3.50. The highest BCUT2D eigenvalue weighted by atomic mass is 32.1. The van der Waals surface area contributed by atoms with Gasteiger partial charge in [0, 0.05) is 9.75 Å². The van der Waals surface area contributed by atoms with Crippen molar-refractivity contribution in [3.63, 3.8) is 0 Å². The zero-order valence-corrected chi connectivity index (χ0v) is 8.85. The third kappa shape index (κ3) is 2.49. The number of carbonyl (C=O) groups excluding carboxylic acids is 1. The summed E-state index contributed by atoms with van der Waals surface area (Å²) < 4.78 is 0. The molecule has 3 N–H and O–H groups in total. The topological polar surface area (TPSA) is 63.3 Å². The van der Waals surface area contributed by atoms with E-state index in [-0.39, 0.29) is 0 Å². The highest BCUT2D eigenvalue weighted by Crippen LogP contribution is 2.30. The van der Waals surface area contributed by atoms with Crippen LogP contribution in [-0.4, -0.2) is 11.5 Å². The highest BCUT2D eigenvalue weighted by Gasteiger charge is 2.01. The zero-order chi connectivity index (χ0) is 10.4. The molecule has 0 saturated carbocycles. The Morgan fingerprint density at radius 2 is 2.00 bits per heavy atom. The summed E-state index contributed by atoms with van der Waals surface area (Å²) in [4.78, 5) is 13.6. The lowest BCUT2D eigenvalue weighted by Gasteiger charge is -1.85. The van der Waals surface area contributed by atoms with Crippen LogP contribution in [0.4, 0.5) is 0 Å². The zero-order valence-electron chi connectivity index (χ0n) is 7.21. The molecule has 0 unspecified atom stereocenters. The van der Waals surface area contributed by atoms with Gasteiger partial charge in [0.25, 0.3) is 0 Å². The Hall–Kier alpha value is -1.01. The Kier molecular flexibility index (Phi) is 4.48. The van der Waals surface area contributed by atoms with E-state index in [1.165, 1.54) is 21.1 Å². The van der Waals surface area contributed by atoms with Gasteiger partial charge in [-0.15, -0.1) is 22.7 Å². The van der Waals surface area contributed by atoms with Gasteiger partial charge >= 0.3 is 0 Å². The standard InChI is InChI=1S/C9H6OS2.H3NO/c10-6-7-3-4-9(12-7)8-2-1-5-11-8;1-2/h1-6H;2H,1H2. The minimum atomic E-state index is 0.790. The lowest BCUT2D eigenvalue weighted by molar-refractivity contribution is 0.112. The SMILES string of the molecule is NO.O=Cc1ccc(-c2cccs2)s1. The first kappa shape index (κ1) is 11.1. The molecule has 0 spiro atoms. The van der Waals surface area contributed by atoms with Gasteiger partial charge in [-0.25, -0.2) is 5.90 Å². The molecular weight excluding hydrogens is 218 g/mol. The first-order valence-electron chi connectivity index (χ1n) is 3.75. The molecule has 0 aliphatic rings. The monoisotopic (exact) mass is 227 g/mol. The van der Waals surface area contributed by atoms with Crippen molar-refractivity contribution in [3.8, 4) is 9.75 Å². The molecule has 2 aromatic rings. The second-order valence-electron chi connectivity index (χ2n) is 2.30. The Morgan fingerprint density at radius 3 is 2.50 bits per heavy atom. The third-order valence-electron chi connectivity index (χ3n) is 1.51. The van der Waals surface area contributed by atoms with Crippen LogP contribution in [0.1, 0.15) is 9.67 Å². The van der Waals surface area contributed by atoms with Gasteiger partial charge in [0.1, 0.15) is 0 Å². The van der Waals surface area contributed by atoms with Gasteiger partial charge in [0.15, 0.2) is 6.29 Å². The van der Waals surface area contributed by atoms with Gasteiger partial charge in [-0.2, -0.15) is 0 Å². The van der Waals surface area contributed by atoms with Crippen molar-refractivity contribution in [2.24, 2.45) is 5.90 Å². The summed E-state index contributed by atoms with van der Waals surface area (Å²) in [5, 5.41) is 8.54. The number of aldehydes is 1. The Morgan fingerprint density at radius 1 is 1.21 bits per heavy atom. The van der Waals surface area contributed by atoms with Crippen molar-refractivity contribution in [2.75, 3.05) is 0 Å². The van der Waals surface area contributed by atoms with E-state index in [4.69, 9.17) is 5.21 Å². The van der Waals surface area contributed by atoms with Gasteiger partial charge in [0.2, 0.25) is 0 Å². The molecule has 0 aromatic carbocycles. The van der Waals surface area contributed by atoms with Gasteiger partial charge in [0.05, 0.1) is 4.88 Å². The fraction of sp³-hybridized carbons (Fsp3) is 0. The van der Waals surface area contributed by atoms with Crippen molar-refractivity contribution in [2.45, 2.75) is 0 Å². The fourth-order valence-electron chi connectivity index (χ4n) is 0.967. The van der Waals surface area contributed by atoms with Gasteiger partial charge in [-0.1, -0.05) is 6.07 Å². The van der Waals surface area contributed by atoms with Gasteiger partial charge in [-0.3, -0.25) is 4.79 Å². The summed E-state index contributed by atoms with van der Waals surface area (Å²) in [7, 11) is 0. The molecule has 2 aromatic heterocycles. The lowest BCUT2D eigenvalue weighted by Crippen LogP contribution is -1.72. The van der Waals surface area contributed by atoms with Crippen LogP contribution in [0.15, 0.2) is 29.6 Å². The van der Waals surface area contributed by atoms with Crippen molar-refractivity contribution < 1.29 is 10.0 Å². The molecule has 14 heavy (non-hydrogen) atoms. The van der Waals surface area contributed by atoms with Crippen molar-refractivity contribution in [1.29, 1.82) is 0 Å². The number of carbonyl (C=O) groups is 1. The van der Waals surface area contributed by atoms with E-state index in [2.05, 4.69) is 12.0 Å². The minimum Gasteiger partial charge on any atom is -0.320 e. The van der Waals surface area contributed by atoms with E-state index in [0.29, 0.717) is 0 Å². The van der Waals surface area contributed by atoms with Crippen LogP contribution in [0.5, 0.6) is 0 Å². The van der Waals surface area contributed by atoms with Crippen LogP contribution in [0.3, 0.4) is 0 Å². The Labute approximate surface area is 89.4 Å². The molecule has 0 saturated heterocycles. The first-order valence-corrected chi connectivity index (χ1v) is 5.44. The third-order valence-corrected chi connectivity index (χ3v) is 3.58. The highest BCUT2D eigenvalue weighted by molar-refractivity contribution is 7.22. The molecule has 0 aliphatic heterocycles. The molecule has 0 radical (unpaired) electrons. The molecule has 2 heterocycles. The number of hydrogen-bond acceptors (Lipinski definition) is 5. The molecule has 5 heteroatoms.